The van der Waals surface area contributed by atoms with Gasteiger partial charge in [-0.2, -0.15) is 5.10 Å². The number of amides is 1. The maximum absolute atomic E-state index is 12.7. The van der Waals surface area contributed by atoms with Crippen molar-refractivity contribution in [3.05, 3.63) is 113 Å². The Balaban J connectivity index is 1.30. The second-order valence-electron chi connectivity index (χ2n) is 7.68. The van der Waals surface area contributed by atoms with Crippen molar-refractivity contribution >= 4 is 22.9 Å². The van der Waals surface area contributed by atoms with Crippen molar-refractivity contribution in [3.63, 3.8) is 0 Å². The van der Waals surface area contributed by atoms with Crippen LogP contribution < -0.4 is 10.2 Å². The number of fused-ring (bicyclic) bond motifs is 1. The van der Waals surface area contributed by atoms with E-state index in [-0.39, 0.29) is 5.91 Å². The number of aryl methyl sites for hydroxylation is 2. The standard InChI is InChI=1S/C28H26N2O2/c1-21-13-16-24-11-5-6-12-26(24)27(21)28(31)30-29-20-23-14-17-25(18-15-23)32-19-7-10-22-8-3-2-4-9-22/h2-6,8-9,11-18,20H,7,10,19H2,1H3,(H,30,31)/b29-20-. The summed E-state index contributed by atoms with van der Waals surface area (Å²) < 4.78 is 5.82. The fourth-order valence-electron chi connectivity index (χ4n) is 3.66. The van der Waals surface area contributed by atoms with Crippen molar-refractivity contribution in [1.29, 1.82) is 0 Å². The largest absolute Gasteiger partial charge is 0.494 e. The second-order valence-corrected chi connectivity index (χ2v) is 7.68. The molecule has 0 saturated carbocycles. The molecular weight excluding hydrogens is 396 g/mol. The van der Waals surface area contributed by atoms with Crippen LogP contribution in [0.4, 0.5) is 0 Å². The quantitative estimate of drug-likeness (QED) is 0.218. The minimum absolute atomic E-state index is 0.214. The zero-order valence-electron chi connectivity index (χ0n) is 18.1. The molecule has 4 aromatic rings. The molecule has 4 nitrogen and oxygen atoms in total. The Morgan fingerprint density at radius 2 is 1.66 bits per heavy atom. The molecule has 0 aliphatic heterocycles. The maximum Gasteiger partial charge on any atom is 0.272 e. The van der Waals surface area contributed by atoms with Gasteiger partial charge in [0.25, 0.3) is 5.91 Å². The molecule has 0 fully saturated rings. The number of nitrogens with zero attached hydrogens (tertiary/aromatic N) is 1. The number of hydrogen-bond acceptors (Lipinski definition) is 3. The average molecular weight is 423 g/mol. The van der Waals surface area contributed by atoms with Gasteiger partial charge in [0.05, 0.1) is 18.4 Å². The van der Waals surface area contributed by atoms with Gasteiger partial charge in [-0.15, -0.1) is 0 Å². The van der Waals surface area contributed by atoms with Gasteiger partial charge in [-0.05, 0) is 71.5 Å². The number of hydrazone groups is 1. The van der Waals surface area contributed by atoms with Crippen LogP contribution in [0.5, 0.6) is 5.75 Å². The van der Waals surface area contributed by atoms with E-state index in [1.165, 1.54) is 5.56 Å². The van der Waals surface area contributed by atoms with Crippen LogP contribution in [0.2, 0.25) is 0 Å². The molecule has 0 heterocycles. The zero-order chi connectivity index (χ0) is 22.2. The Kier molecular flexibility index (Phi) is 6.93. The summed E-state index contributed by atoms with van der Waals surface area (Å²) in [7, 11) is 0. The molecule has 0 saturated heterocycles. The molecule has 4 aromatic carbocycles. The lowest BCUT2D eigenvalue weighted by molar-refractivity contribution is 0.0956. The van der Waals surface area contributed by atoms with Crippen molar-refractivity contribution in [2.75, 3.05) is 6.61 Å². The fourth-order valence-corrected chi connectivity index (χ4v) is 3.66. The van der Waals surface area contributed by atoms with Crippen molar-refractivity contribution in [2.24, 2.45) is 5.10 Å². The lowest BCUT2D eigenvalue weighted by Crippen LogP contribution is -2.19. The van der Waals surface area contributed by atoms with E-state index >= 15 is 0 Å². The van der Waals surface area contributed by atoms with Gasteiger partial charge in [-0.3, -0.25) is 4.79 Å². The first-order chi connectivity index (χ1) is 15.7. The van der Waals surface area contributed by atoms with Crippen molar-refractivity contribution in [1.82, 2.24) is 5.43 Å². The Labute approximate surface area is 188 Å². The summed E-state index contributed by atoms with van der Waals surface area (Å²) in [4.78, 5) is 12.7. The topological polar surface area (TPSA) is 50.7 Å². The lowest BCUT2D eigenvalue weighted by Gasteiger charge is -2.08. The van der Waals surface area contributed by atoms with Gasteiger partial charge < -0.3 is 4.74 Å². The molecule has 0 atom stereocenters. The lowest BCUT2D eigenvalue weighted by atomic mass is 9.99. The molecule has 0 aromatic heterocycles. The van der Waals surface area contributed by atoms with Gasteiger partial charge in [0, 0.05) is 0 Å². The summed E-state index contributed by atoms with van der Waals surface area (Å²) in [5, 5.41) is 6.10. The number of carbonyl (C=O) groups is 1. The number of ether oxygens (including phenoxy) is 1. The normalized spacial score (nSPS) is 11.0. The molecule has 0 radical (unpaired) electrons. The Morgan fingerprint density at radius 1 is 0.906 bits per heavy atom. The van der Waals surface area contributed by atoms with Crippen LogP contribution in [0, 0.1) is 6.92 Å². The van der Waals surface area contributed by atoms with Gasteiger partial charge in [0.2, 0.25) is 0 Å². The van der Waals surface area contributed by atoms with Crippen molar-refractivity contribution in [3.8, 4) is 5.75 Å². The molecule has 0 spiro atoms. The van der Waals surface area contributed by atoms with Crippen LogP contribution in [-0.2, 0) is 6.42 Å². The SMILES string of the molecule is Cc1ccc2ccccc2c1C(=O)N/N=C\c1ccc(OCCCc2ccccc2)cc1. The third-order valence-corrected chi connectivity index (χ3v) is 5.35. The van der Waals surface area contributed by atoms with E-state index in [0.29, 0.717) is 12.2 Å². The third kappa shape index (κ3) is 5.41. The molecule has 1 N–H and O–H groups in total. The molecule has 0 unspecified atom stereocenters. The van der Waals surface area contributed by atoms with Gasteiger partial charge >= 0.3 is 0 Å². The van der Waals surface area contributed by atoms with E-state index in [1.807, 2.05) is 73.7 Å². The average Bonchev–Trinajstić information content (AvgIpc) is 2.83. The van der Waals surface area contributed by atoms with E-state index in [1.54, 1.807) is 6.21 Å². The van der Waals surface area contributed by atoms with Gasteiger partial charge in [-0.1, -0.05) is 66.7 Å². The number of rotatable bonds is 8. The molecule has 0 bridgehead atoms. The molecule has 32 heavy (non-hydrogen) atoms. The zero-order valence-corrected chi connectivity index (χ0v) is 18.1. The Hall–Kier alpha value is -3.92. The highest BCUT2D eigenvalue weighted by molar-refractivity contribution is 6.08. The van der Waals surface area contributed by atoms with E-state index in [9.17, 15) is 4.79 Å². The summed E-state index contributed by atoms with van der Waals surface area (Å²) in [5.41, 5.74) is 6.43. The molecule has 1 amide bonds. The van der Waals surface area contributed by atoms with Crippen LogP contribution in [-0.4, -0.2) is 18.7 Å². The second kappa shape index (κ2) is 10.4. The van der Waals surface area contributed by atoms with Gasteiger partial charge in [-0.25, -0.2) is 5.43 Å². The Morgan fingerprint density at radius 3 is 2.47 bits per heavy atom. The number of hydrogen-bond donors (Lipinski definition) is 1. The predicted molar refractivity (Wildman–Crippen MR) is 130 cm³/mol. The first-order valence-corrected chi connectivity index (χ1v) is 10.8. The van der Waals surface area contributed by atoms with E-state index in [2.05, 4.69) is 34.8 Å². The highest BCUT2D eigenvalue weighted by atomic mass is 16.5. The van der Waals surface area contributed by atoms with Crippen LogP contribution in [0.15, 0.2) is 96.1 Å². The monoisotopic (exact) mass is 422 g/mol. The van der Waals surface area contributed by atoms with Gasteiger partial charge in [0.15, 0.2) is 0 Å². The van der Waals surface area contributed by atoms with E-state index in [0.717, 1.165) is 40.5 Å². The van der Waals surface area contributed by atoms with Crippen molar-refractivity contribution in [2.45, 2.75) is 19.8 Å². The molecule has 4 heteroatoms. The molecule has 160 valence electrons. The Bertz CT molecular complexity index is 1220. The molecular formula is C28H26N2O2. The summed E-state index contributed by atoms with van der Waals surface area (Å²) in [5.74, 6) is 0.611. The van der Waals surface area contributed by atoms with Crippen LogP contribution in [0.3, 0.4) is 0 Å². The first-order valence-electron chi connectivity index (χ1n) is 10.8. The number of benzene rings is 4. The highest BCUT2D eigenvalue weighted by Crippen LogP contribution is 2.22. The van der Waals surface area contributed by atoms with E-state index < -0.39 is 0 Å². The molecule has 4 rings (SSSR count). The fraction of sp³-hybridized carbons (Fsp3) is 0.143. The first kappa shape index (κ1) is 21.3. The summed E-state index contributed by atoms with van der Waals surface area (Å²) in [6, 6.07) is 29.9. The number of nitrogens with one attached hydrogen (secondary N) is 1. The van der Waals surface area contributed by atoms with E-state index in [4.69, 9.17) is 4.74 Å². The minimum Gasteiger partial charge on any atom is -0.494 e. The summed E-state index contributed by atoms with van der Waals surface area (Å²) in [6.45, 7) is 2.60. The molecule has 0 aliphatic rings. The number of carbonyl (C=O) groups excluding carboxylic acids is 1. The van der Waals surface area contributed by atoms with Crippen molar-refractivity contribution < 1.29 is 9.53 Å². The third-order valence-electron chi connectivity index (χ3n) is 5.35. The summed E-state index contributed by atoms with van der Waals surface area (Å²) >= 11 is 0. The van der Waals surface area contributed by atoms with Crippen LogP contribution in [0.25, 0.3) is 10.8 Å². The maximum atomic E-state index is 12.7. The van der Waals surface area contributed by atoms with Crippen LogP contribution >= 0.6 is 0 Å². The van der Waals surface area contributed by atoms with Crippen LogP contribution in [0.1, 0.15) is 33.5 Å². The molecule has 0 aliphatic carbocycles. The van der Waals surface area contributed by atoms with Gasteiger partial charge in [0.1, 0.15) is 5.75 Å². The predicted octanol–water partition coefficient (Wildman–Crippen LogP) is 5.92. The summed E-state index contributed by atoms with van der Waals surface area (Å²) in [6.07, 6.45) is 3.60. The minimum atomic E-state index is -0.214. The highest BCUT2D eigenvalue weighted by Gasteiger charge is 2.12. The smallest absolute Gasteiger partial charge is 0.272 e.